The molecule has 0 aliphatic carbocycles. The molecule has 1 amide bonds. The molecule has 4 N–H and O–H groups in total. The van der Waals surface area contributed by atoms with E-state index < -0.39 is 0 Å². The molecule has 0 aromatic carbocycles. The summed E-state index contributed by atoms with van der Waals surface area (Å²) >= 11 is 0. The molecule has 7 nitrogen and oxygen atoms in total. The number of ether oxygens (including phenoxy) is 1. The Kier molecular flexibility index (Phi) is 4.08. The molecule has 1 fully saturated rings. The van der Waals surface area contributed by atoms with Gasteiger partial charge in [-0.1, -0.05) is 0 Å². The van der Waals surface area contributed by atoms with E-state index in [1.807, 2.05) is 4.68 Å². The lowest BCUT2D eigenvalue weighted by Crippen LogP contribution is -2.44. The highest BCUT2D eigenvalue weighted by atomic mass is 16.5. The Morgan fingerprint density at radius 1 is 1.71 bits per heavy atom. The number of nitrogens with zero attached hydrogens (tertiary/aromatic N) is 2. The van der Waals surface area contributed by atoms with E-state index in [0.29, 0.717) is 25.0 Å². The van der Waals surface area contributed by atoms with Crippen LogP contribution in [0.4, 0.5) is 5.82 Å². The molecule has 7 heteroatoms. The average molecular weight is 239 g/mol. The predicted octanol–water partition coefficient (Wildman–Crippen LogP) is -1.06. The quantitative estimate of drug-likeness (QED) is 0.550. The first-order valence-corrected chi connectivity index (χ1v) is 5.63. The maximum atomic E-state index is 11.5. The summed E-state index contributed by atoms with van der Waals surface area (Å²) in [7, 11) is 0. The van der Waals surface area contributed by atoms with Crippen LogP contribution in [0.15, 0.2) is 12.3 Å². The number of carbonyl (C=O) groups is 1. The molecule has 0 bridgehead atoms. The third-order valence-corrected chi connectivity index (χ3v) is 2.54. The van der Waals surface area contributed by atoms with Crippen molar-refractivity contribution in [2.45, 2.75) is 6.04 Å². The van der Waals surface area contributed by atoms with Gasteiger partial charge in [-0.05, 0) is 0 Å². The van der Waals surface area contributed by atoms with E-state index >= 15 is 0 Å². The van der Waals surface area contributed by atoms with Crippen LogP contribution in [0.3, 0.4) is 0 Å². The van der Waals surface area contributed by atoms with Crippen LogP contribution in [-0.4, -0.2) is 48.5 Å². The number of aromatic nitrogens is 2. The van der Waals surface area contributed by atoms with E-state index in [0.717, 1.165) is 13.1 Å². The molecule has 2 heterocycles. The van der Waals surface area contributed by atoms with Gasteiger partial charge in [0.1, 0.15) is 12.4 Å². The summed E-state index contributed by atoms with van der Waals surface area (Å²) in [5.41, 5.74) is 5.26. The molecule has 2 rings (SSSR count). The first kappa shape index (κ1) is 12.0. The summed E-state index contributed by atoms with van der Waals surface area (Å²) in [5, 5.41) is 10.1. The lowest BCUT2D eigenvalue weighted by atomic mass is 10.2. The third-order valence-electron chi connectivity index (χ3n) is 2.54. The van der Waals surface area contributed by atoms with Gasteiger partial charge in [-0.3, -0.25) is 4.79 Å². The van der Waals surface area contributed by atoms with Crippen molar-refractivity contribution in [2.75, 3.05) is 38.2 Å². The Balaban J connectivity index is 1.85. The summed E-state index contributed by atoms with van der Waals surface area (Å²) in [6.07, 6.45) is 1.68. The molecule has 17 heavy (non-hydrogen) atoms. The highest BCUT2D eigenvalue weighted by molar-refractivity contribution is 5.90. The summed E-state index contributed by atoms with van der Waals surface area (Å²) < 4.78 is 6.87. The molecule has 1 saturated heterocycles. The minimum absolute atomic E-state index is 0.0191. The minimum Gasteiger partial charge on any atom is -0.370 e. The number of nitrogens with one attached hydrogen (secondary N) is 2. The van der Waals surface area contributed by atoms with Crippen LogP contribution in [0.1, 0.15) is 6.04 Å². The summed E-state index contributed by atoms with van der Waals surface area (Å²) in [4.78, 5) is 11.5. The number of amides is 1. The van der Waals surface area contributed by atoms with Crippen LogP contribution >= 0.6 is 0 Å². The molecule has 94 valence electrons. The monoisotopic (exact) mass is 239 g/mol. The lowest BCUT2D eigenvalue weighted by molar-refractivity contribution is -0.120. The normalized spacial score (nSPS) is 15.6. The number of hydrogen-bond donors (Lipinski definition) is 3. The van der Waals surface area contributed by atoms with Crippen molar-refractivity contribution in [2.24, 2.45) is 5.73 Å². The average Bonchev–Trinajstić information content (AvgIpc) is 2.64. The number of hydrogen-bond acceptors (Lipinski definition) is 5. The molecule has 0 radical (unpaired) electrons. The van der Waals surface area contributed by atoms with Crippen LogP contribution in [0.2, 0.25) is 0 Å². The molecule has 0 atom stereocenters. The molecule has 0 unspecified atom stereocenters. The van der Waals surface area contributed by atoms with E-state index in [2.05, 4.69) is 15.7 Å². The van der Waals surface area contributed by atoms with Gasteiger partial charge in [-0.2, -0.15) is 5.10 Å². The Bertz CT molecular complexity index is 375. The third kappa shape index (κ3) is 3.02. The van der Waals surface area contributed by atoms with E-state index in [-0.39, 0.29) is 12.5 Å². The first-order valence-electron chi connectivity index (χ1n) is 5.63. The van der Waals surface area contributed by atoms with Gasteiger partial charge < -0.3 is 21.1 Å². The Morgan fingerprint density at radius 3 is 3.18 bits per heavy atom. The molecule has 1 aliphatic heterocycles. The zero-order valence-corrected chi connectivity index (χ0v) is 9.56. The van der Waals surface area contributed by atoms with Crippen molar-refractivity contribution < 1.29 is 9.53 Å². The number of nitrogens with two attached hydrogens (primary N) is 1. The topological polar surface area (TPSA) is 94.2 Å². The highest BCUT2D eigenvalue weighted by Crippen LogP contribution is 2.17. The van der Waals surface area contributed by atoms with E-state index in [9.17, 15) is 4.79 Å². The van der Waals surface area contributed by atoms with Gasteiger partial charge in [0.05, 0.1) is 18.8 Å². The van der Waals surface area contributed by atoms with Gasteiger partial charge in [0.2, 0.25) is 0 Å². The minimum atomic E-state index is -0.188. The van der Waals surface area contributed by atoms with Gasteiger partial charge in [0, 0.05) is 25.7 Å². The largest absolute Gasteiger partial charge is 0.370 e. The fourth-order valence-electron chi connectivity index (χ4n) is 1.58. The predicted molar refractivity (Wildman–Crippen MR) is 62.6 cm³/mol. The van der Waals surface area contributed by atoms with Crippen molar-refractivity contribution in [3.63, 3.8) is 0 Å². The summed E-state index contributed by atoms with van der Waals surface area (Å²) in [6.45, 7) is 2.59. The Labute approximate surface area is 99.3 Å². The van der Waals surface area contributed by atoms with E-state index in [1.165, 1.54) is 0 Å². The van der Waals surface area contributed by atoms with Gasteiger partial charge in [0.15, 0.2) is 0 Å². The smallest absolute Gasteiger partial charge is 0.251 e. The molecule has 0 saturated carbocycles. The highest BCUT2D eigenvalue weighted by Gasteiger charge is 2.22. The lowest BCUT2D eigenvalue weighted by Gasteiger charge is -2.28. The van der Waals surface area contributed by atoms with Crippen LogP contribution in [0, 0.1) is 0 Å². The van der Waals surface area contributed by atoms with Crippen molar-refractivity contribution in [1.82, 2.24) is 15.1 Å². The van der Waals surface area contributed by atoms with E-state index in [1.54, 1.807) is 12.3 Å². The molecule has 1 aromatic rings. The summed E-state index contributed by atoms with van der Waals surface area (Å²) in [5.74, 6) is 0.519. The van der Waals surface area contributed by atoms with Crippen molar-refractivity contribution in [3.05, 3.63) is 12.3 Å². The standard InChI is InChI=1S/C10H17N5O2/c11-2-4-17-7-10(16)14-9-1-3-13-15(9)8-5-12-6-8/h1,3,8,12H,2,4-7,11H2,(H,14,16). The van der Waals surface area contributed by atoms with Crippen LogP contribution < -0.4 is 16.4 Å². The van der Waals surface area contributed by atoms with Crippen LogP contribution in [0.25, 0.3) is 0 Å². The SMILES string of the molecule is NCCOCC(=O)Nc1ccnn1C1CNC1. The Hall–Kier alpha value is -1.44. The first-order chi connectivity index (χ1) is 8.31. The maximum absolute atomic E-state index is 11.5. The van der Waals surface area contributed by atoms with Gasteiger partial charge in [-0.25, -0.2) is 4.68 Å². The number of anilines is 1. The molecule has 0 spiro atoms. The number of rotatable bonds is 6. The van der Waals surface area contributed by atoms with Crippen molar-refractivity contribution in [3.8, 4) is 0 Å². The van der Waals surface area contributed by atoms with Crippen LogP contribution in [-0.2, 0) is 9.53 Å². The van der Waals surface area contributed by atoms with Gasteiger partial charge in [0.25, 0.3) is 5.91 Å². The Morgan fingerprint density at radius 2 is 2.53 bits per heavy atom. The molecule has 1 aromatic heterocycles. The van der Waals surface area contributed by atoms with Crippen molar-refractivity contribution in [1.29, 1.82) is 0 Å². The maximum Gasteiger partial charge on any atom is 0.251 e. The fraction of sp³-hybridized carbons (Fsp3) is 0.600. The van der Waals surface area contributed by atoms with Crippen LogP contribution in [0.5, 0.6) is 0 Å². The van der Waals surface area contributed by atoms with E-state index in [4.69, 9.17) is 10.5 Å². The molecular formula is C10H17N5O2. The number of carbonyl (C=O) groups excluding carboxylic acids is 1. The van der Waals surface area contributed by atoms with Gasteiger partial charge in [-0.15, -0.1) is 0 Å². The second-order valence-corrected chi connectivity index (χ2v) is 3.86. The molecule has 1 aliphatic rings. The molecular weight excluding hydrogens is 222 g/mol. The summed E-state index contributed by atoms with van der Waals surface area (Å²) in [6, 6.07) is 2.10. The zero-order valence-electron chi connectivity index (χ0n) is 9.56. The zero-order chi connectivity index (χ0) is 12.1. The fourth-order valence-corrected chi connectivity index (χ4v) is 1.58. The van der Waals surface area contributed by atoms with Gasteiger partial charge >= 0.3 is 0 Å². The second-order valence-electron chi connectivity index (χ2n) is 3.86. The second kappa shape index (κ2) is 5.76. The van der Waals surface area contributed by atoms with Crippen molar-refractivity contribution >= 4 is 11.7 Å².